The quantitative estimate of drug-likeness (QED) is 0.490. The molecule has 28 heavy (non-hydrogen) atoms. The van der Waals surface area contributed by atoms with Crippen LogP contribution in [-0.2, 0) is 0 Å². The van der Waals surface area contributed by atoms with Crippen LogP contribution in [0.3, 0.4) is 0 Å². The van der Waals surface area contributed by atoms with Crippen molar-refractivity contribution >= 4 is 137 Å². The topological polar surface area (TPSA) is 100 Å². The van der Waals surface area contributed by atoms with Gasteiger partial charge in [-0.2, -0.15) is 0 Å². The molecule has 0 fully saturated rings. The number of carboxylic acids is 2. The second kappa shape index (κ2) is 9.99. The Kier molecular flexibility index (Phi) is 8.47. The Bertz CT molecular complexity index is 1120. The van der Waals surface area contributed by atoms with E-state index in [1.165, 1.54) is 12.1 Å². The summed E-state index contributed by atoms with van der Waals surface area (Å²) >= 11 is 0. The van der Waals surface area contributed by atoms with E-state index < -0.39 is 11.9 Å². The van der Waals surface area contributed by atoms with Gasteiger partial charge in [-0.25, -0.2) is 19.6 Å². The van der Waals surface area contributed by atoms with Crippen LogP contribution in [0.25, 0.3) is 33.2 Å². The van der Waals surface area contributed by atoms with Gasteiger partial charge in [0.05, 0.1) is 33.5 Å². The van der Waals surface area contributed by atoms with Gasteiger partial charge in [0, 0.05) is 10.8 Å². The van der Waals surface area contributed by atoms with E-state index in [1.54, 1.807) is 48.5 Å². The second-order valence-corrected chi connectivity index (χ2v) is 5.75. The van der Waals surface area contributed by atoms with Gasteiger partial charge in [-0.3, -0.25) is 0 Å². The second-order valence-electron chi connectivity index (χ2n) is 5.75. The van der Waals surface area contributed by atoms with Crippen molar-refractivity contribution < 1.29 is 19.8 Å². The van der Waals surface area contributed by atoms with E-state index in [1.807, 2.05) is 0 Å². The molecule has 0 amide bonds. The number of hydrogen-bond acceptors (Lipinski definition) is 4. The number of hydrogen-bond donors (Lipinski definition) is 2. The molecule has 4 aromatic rings. The number of rotatable bonds is 3. The Balaban J connectivity index is 0.00000140. The number of carbonyl (C=O) groups is 2. The van der Waals surface area contributed by atoms with Crippen LogP contribution in [0.5, 0.6) is 0 Å². The molecule has 4 rings (SSSR count). The van der Waals surface area contributed by atoms with Gasteiger partial charge in [-0.15, -0.1) is 0 Å². The fourth-order valence-corrected chi connectivity index (χ4v) is 2.97. The maximum atomic E-state index is 11.3. The van der Waals surface area contributed by atoms with Gasteiger partial charge in [0.15, 0.2) is 0 Å². The molecule has 2 aromatic carbocycles. The van der Waals surface area contributed by atoms with Crippen LogP contribution < -0.4 is 0 Å². The van der Waals surface area contributed by atoms with Gasteiger partial charge in [0.2, 0.25) is 0 Å². The predicted molar refractivity (Wildman–Crippen MR) is 111 cm³/mol. The van der Waals surface area contributed by atoms with Crippen molar-refractivity contribution in [1.29, 1.82) is 0 Å². The van der Waals surface area contributed by atoms with Gasteiger partial charge in [-0.05, 0) is 48.5 Å². The number of pyridine rings is 2. The van der Waals surface area contributed by atoms with Crippen LogP contribution in [0.15, 0.2) is 60.7 Å². The van der Waals surface area contributed by atoms with Gasteiger partial charge in [0.1, 0.15) is 0 Å². The summed E-state index contributed by atoms with van der Waals surface area (Å²) in [6.07, 6.45) is 0. The fourth-order valence-electron chi connectivity index (χ4n) is 2.97. The van der Waals surface area contributed by atoms with Crippen LogP contribution >= 0.6 is 0 Å². The Hall–Kier alpha value is -0.527. The van der Waals surface area contributed by atoms with Crippen molar-refractivity contribution in [3.05, 3.63) is 71.8 Å². The van der Waals surface area contributed by atoms with Crippen molar-refractivity contribution in [3.63, 3.8) is 0 Å². The molecular weight excluding hydrogens is 410 g/mol. The molecule has 0 saturated carbocycles. The van der Waals surface area contributed by atoms with Crippen LogP contribution in [-0.4, -0.2) is 135 Å². The number of aromatic nitrogens is 2. The Morgan fingerprint density at radius 1 is 0.607 bits per heavy atom. The molecule has 2 N–H and O–H groups in total. The van der Waals surface area contributed by atoms with E-state index in [0.717, 1.165) is 0 Å². The molecule has 2 heterocycles. The molecule has 130 valence electrons. The predicted octanol–water partition coefficient (Wildman–Crippen LogP) is 2.55. The van der Waals surface area contributed by atoms with E-state index in [-0.39, 0.29) is 114 Å². The number of fused-ring (bicyclic) bond motifs is 2. The average molecular weight is 425 g/mol. The Labute approximate surface area is 245 Å². The molecule has 0 aliphatic rings. The molecule has 0 bridgehead atoms. The first-order valence-corrected chi connectivity index (χ1v) is 7.81. The molecule has 6 nitrogen and oxygen atoms in total. The summed E-state index contributed by atoms with van der Waals surface area (Å²) in [5.74, 6) is -2.01. The van der Waals surface area contributed by atoms with Crippen LogP contribution in [0.4, 0.5) is 0 Å². The molecule has 0 saturated heterocycles. The number of carboxylic acid groups (broad SMARTS) is 2. The summed E-state index contributed by atoms with van der Waals surface area (Å²) < 4.78 is 0. The minimum atomic E-state index is -1.00. The molecule has 0 atom stereocenters. The van der Waals surface area contributed by atoms with E-state index in [9.17, 15) is 19.8 Å². The van der Waals surface area contributed by atoms with Gasteiger partial charge in [-0.1, -0.05) is 12.1 Å². The molecule has 2 aromatic heterocycles. The summed E-state index contributed by atoms with van der Waals surface area (Å²) in [6.45, 7) is 0. The van der Waals surface area contributed by atoms with Crippen molar-refractivity contribution in [2.24, 2.45) is 0 Å². The van der Waals surface area contributed by atoms with Crippen molar-refractivity contribution in [1.82, 2.24) is 9.97 Å². The maximum absolute atomic E-state index is 11.3. The zero-order valence-electron chi connectivity index (χ0n) is 13.4. The van der Waals surface area contributed by atoms with Crippen molar-refractivity contribution in [2.45, 2.75) is 0 Å². The van der Waals surface area contributed by atoms with Crippen LogP contribution in [0, 0.1) is 0 Å². The van der Waals surface area contributed by atoms with Crippen LogP contribution in [0.2, 0.25) is 0 Å². The van der Waals surface area contributed by atoms with Crippen molar-refractivity contribution in [3.8, 4) is 11.4 Å². The minimum absolute atomic E-state index is 0. The van der Waals surface area contributed by atoms with Crippen LogP contribution in [0.1, 0.15) is 20.7 Å². The van der Waals surface area contributed by atoms with E-state index in [4.69, 9.17) is 0 Å². The van der Waals surface area contributed by atoms with E-state index in [2.05, 4.69) is 9.97 Å². The van der Waals surface area contributed by atoms with E-state index in [0.29, 0.717) is 33.2 Å². The number of aromatic carboxylic acids is 2. The molecule has 0 aliphatic carbocycles. The first-order valence-electron chi connectivity index (χ1n) is 7.81. The Morgan fingerprint density at radius 2 is 1.00 bits per heavy atom. The third-order valence-corrected chi connectivity index (χ3v) is 4.19. The number of benzene rings is 2. The molecule has 8 heteroatoms. The summed E-state index contributed by atoms with van der Waals surface area (Å²) in [7, 11) is 0. The van der Waals surface area contributed by atoms with Gasteiger partial charge < -0.3 is 10.2 Å². The van der Waals surface area contributed by atoms with E-state index >= 15 is 0 Å². The van der Waals surface area contributed by atoms with Gasteiger partial charge >= 0.3 is 115 Å². The standard InChI is InChI=1S/C20H12N2O4.2K.2H/c23-19(24)13-3-1-5-15-11(13)7-9-17(21-15)18-10-8-12-14(20(25)26)4-2-6-16(12)22-18;;;;/h1-10H,(H,23,24)(H,25,26);;;;. The fraction of sp³-hybridized carbons (Fsp3) is 0. The SMILES string of the molecule is O=C(O)c1cccc2nc(-c3ccc4c(C(=O)O)cccc4n3)ccc12.[KH].[KH]. The monoisotopic (exact) mass is 424 g/mol. The summed E-state index contributed by atoms with van der Waals surface area (Å²) in [5.41, 5.74) is 2.68. The summed E-state index contributed by atoms with van der Waals surface area (Å²) in [4.78, 5) is 31.7. The third-order valence-electron chi connectivity index (χ3n) is 4.19. The van der Waals surface area contributed by atoms with Gasteiger partial charge in [0.25, 0.3) is 0 Å². The first kappa shape index (κ1) is 23.7. The average Bonchev–Trinajstić information content (AvgIpc) is 2.65. The Morgan fingerprint density at radius 3 is 1.36 bits per heavy atom. The van der Waals surface area contributed by atoms with Crippen molar-refractivity contribution in [2.75, 3.05) is 0 Å². The zero-order valence-corrected chi connectivity index (χ0v) is 13.4. The molecule has 0 unspecified atom stereocenters. The first-order chi connectivity index (χ1) is 12.5. The molecule has 0 aliphatic heterocycles. The third kappa shape index (κ3) is 4.62. The molecule has 0 spiro atoms. The molecular formula is C20H14K2N2O4. The summed E-state index contributed by atoms with van der Waals surface area (Å²) in [5, 5.41) is 19.6. The summed E-state index contributed by atoms with van der Waals surface area (Å²) in [6, 6.07) is 16.7. The normalized spacial score (nSPS) is 10.1. The number of nitrogens with zero attached hydrogens (tertiary/aromatic N) is 2. The molecule has 0 radical (unpaired) electrons. The zero-order chi connectivity index (χ0) is 18.3.